The molecule has 0 radical (unpaired) electrons. The zero-order chi connectivity index (χ0) is 14.2. The van der Waals surface area contributed by atoms with E-state index in [2.05, 4.69) is 0 Å². The monoisotopic (exact) mass is 294 g/mol. The number of thiocarbonyl (C=S) groups is 1. The van der Waals surface area contributed by atoms with E-state index >= 15 is 0 Å². The van der Waals surface area contributed by atoms with E-state index < -0.39 is 5.56 Å². The average molecular weight is 295 g/mol. The summed E-state index contributed by atoms with van der Waals surface area (Å²) < 4.78 is 2.49. The predicted molar refractivity (Wildman–Crippen MR) is 77.8 cm³/mol. The maximum Gasteiger partial charge on any atom is 0.298 e. The maximum absolute atomic E-state index is 12.2. The van der Waals surface area contributed by atoms with Crippen molar-refractivity contribution in [2.24, 2.45) is 5.73 Å². The quantitative estimate of drug-likeness (QED) is 0.775. The normalized spacial score (nSPS) is 10.4. The first-order valence-corrected chi connectivity index (χ1v) is 6.16. The molecule has 2 aromatic rings. The molecule has 0 unspecified atom stereocenters. The molecule has 1 aromatic carbocycles. The highest BCUT2D eigenvalue weighted by molar-refractivity contribution is 7.80. The Morgan fingerprint density at radius 1 is 1.42 bits per heavy atom. The zero-order valence-corrected chi connectivity index (χ0v) is 11.6. The first-order chi connectivity index (χ1) is 8.93. The molecule has 0 saturated heterocycles. The van der Waals surface area contributed by atoms with Gasteiger partial charge in [0.05, 0.1) is 5.69 Å². The van der Waals surface area contributed by atoms with Crippen molar-refractivity contribution in [3.05, 3.63) is 57.0 Å². The fourth-order valence-corrected chi connectivity index (χ4v) is 2.04. The van der Waals surface area contributed by atoms with Crippen LogP contribution in [0.25, 0.3) is 5.69 Å². The molecule has 0 aliphatic rings. The molecule has 0 aliphatic carbocycles. The third-order valence-electron chi connectivity index (χ3n) is 2.76. The fraction of sp³-hybridized carbons (Fsp3) is 0.0833. The van der Waals surface area contributed by atoms with Gasteiger partial charge >= 0.3 is 0 Å². The largest absolute Gasteiger partial charge is 0.376 e. The van der Waals surface area contributed by atoms with Crippen LogP contribution in [0.4, 0.5) is 0 Å². The van der Waals surface area contributed by atoms with Crippen LogP contribution in [-0.4, -0.2) is 14.2 Å². The van der Waals surface area contributed by atoms with E-state index in [9.17, 15) is 4.79 Å². The number of nitrogens with one attached hydrogen (secondary N) is 1. The number of nitrogens with two attached hydrogens (primary N) is 1. The van der Waals surface area contributed by atoms with E-state index in [1.165, 1.54) is 17.0 Å². The van der Waals surface area contributed by atoms with Crippen molar-refractivity contribution < 1.29 is 0 Å². The molecular weight excluding hydrogens is 284 g/mol. The summed E-state index contributed by atoms with van der Waals surface area (Å²) in [5.74, 6) is 0. The summed E-state index contributed by atoms with van der Waals surface area (Å²) in [4.78, 5) is 12.2. The summed E-state index contributed by atoms with van der Waals surface area (Å²) in [6.45, 7) is 1.81. The predicted octanol–water partition coefficient (Wildman–Crippen LogP) is 1.17. The average Bonchev–Trinajstić information content (AvgIpc) is 2.36. The minimum Gasteiger partial charge on any atom is -0.376 e. The van der Waals surface area contributed by atoms with E-state index in [0.29, 0.717) is 10.7 Å². The number of hydrogen-bond acceptors (Lipinski definition) is 3. The first-order valence-electron chi connectivity index (χ1n) is 5.37. The van der Waals surface area contributed by atoms with Crippen LogP contribution in [0.5, 0.6) is 0 Å². The molecule has 19 heavy (non-hydrogen) atoms. The van der Waals surface area contributed by atoms with E-state index in [0.717, 1.165) is 10.1 Å². The third-order valence-corrected chi connectivity index (χ3v) is 3.37. The van der Waals surface area contributed by atoms with Gasteiger partial charge in [-0.15, -0.1) is 0 Å². The Hall–Kier alpha value is -1.92. The molecule has 0 saturated carbocycles. The van der Waals surface area contributed by atoms with Crippen molar-refractivity contribution in [1.82, 2.24) is 9.13 Å². The number of hydrogen-bond donors (Lipinski definition) is 2. The molecule has 0 bridgehead atoms. The van der Waals surface area contributed by atoms with Crippen LogP contribution in [0.1, 0.15) is 5.56 Å². The molecule has 1 heterocycles. The van der Waals surface area contributed by atoms with Crippen LogP contribution in [-0.2, 0) is 0 Å². The van der Waals surface area contributed by atoms with Gasteiger partial charge in [0.1, 0.15) is 0 Å². The highest BCUT2D eigenvalue weighted by Gasteiger charge is 2.09. The van der Waals surface area contributed by atoms with Gasteiger partial charge < -0.3 is 5.73 Å². The second-order valence-corrected chi connectivity index (χ2v) is 4.74. The van der Waals surface area contributed by atoms with E-state index in [-0.39, 0.29) is 10.6 Å². The van der Waals surface area contributed by atoms with Crippen molar-refractivity contribution in [3.8, 4) is 5.69 Å². The van der Waals surface area contributed by atoms with Gasteiger partial charge in [0.15, 0.2) is 10.6 Å². The van der Waals surface area contributed by atoms with Crippen LogP contribution in [0.15, 0.2) is 35.4 Å². The van der Waals surface area contributed by atoms with Gasteiger partial charge in [-0.1, -0.05) is 17.7 Å². The van der Waals surface area contributed by atoms with Crippen molar-refractivity contribution in [1.29, 1.82) is 5.41 Å². The van der Waals surface area contributed by atoms with Gasteiger partial charge in [0.25, 0.3) is 5.56 Å². The van der Waals surface area contributed by atoms with Gasteiger partial charge in [0.2, 0.25) is 0 Å². The van der Waals surface area contributed by atoms with E-state index in [4.69, 9.17) is 35.0 Å². The molecule has 0 fully saturated rings. The van der Waals surface area contributed by atoms with Gasteiger partial charge in [-0.25, -0.2) is 0 Å². The maximum atomic E-state index is 12.2. The Morgan fingerprint density at radius 3 is 2.74 bits per heavy atom. The summed E-state index contributed by atoms with van der Waals surface area (Å²) in [7, 11) is 0. The lowest BCUT2D eigenvalue weighted by molar-refractivity contribution is 0.839. The van der Waals surface area contributed by atoms with Crippen LogP contribution in [0.2, 0.25) is 5.02 Å². The second-order valence-electron chi connectivity index (χ2n) is 3.91. The van der Waals surface area contributed by atoms with Gasteiger partial charge in [-0.2, -0.15) is 0 Å². The smallest absolute Gasteiger partial charge is 0.298 e. The number of nitrogens with zero attached hydrogens (tertiary/aromatic N) is 2. The molecule has 7 heteroatoms. The topological polar surface area (TPSA) is 76.8 Å². The summed E-state index contributed by atoms with van der Waals surface area (Å²) in [5, 5.41) is 8.28. The molecular formula is C12H11ClN4OS. The van der Waals surface area contributed by atoms with Gasteiger partial charge in [-0.3, -0.25) is 19.3 Å². The third kappa shape index (κ3) is 2.32. The van der Waals surface area contributed by atoms with Gasteiger partial charge in [-0.05, 0) is 36.8 Å². The lowest BCUT2D eigenvalue weighted by atomic mass is 10.2. The fourth-order valence-electron chi connectivity index (χ4n) is 1.72. The zero-order valence-electron chi connectivity index (χ0n) is 10.1. The van der Waals surface area contributed by atoms with Crippen molar-refractivity contribution in [2.75, 3.05) is 0 Å². The molecule has 0 atom stereocenters. The minimum atomic E-state index is -0.513. The van der Waals surface area contributed by atoms with E-state index in [1.54, 1.807) is 18.2 Å². The van der Waals surface area contributed by atoms with E-state index in [1.807, 2.05) is 6.92 Å². The van der Waals surface area contributed by atoms with Crippen LogP contribution < -0.4 is 16.8 Å². The Kier molecular flexibility index (Phi) is 3.55. The number of aromatic nitrogens is 2. The molecule has 0 aliphatic heterocycles. The summed E-state index contributed by atoms with van der Waals surface area (Å²) >= 11 is 10.8. The van der Waals surface area contributed by atoms with Crippen LogP contribution in [0, 0.1) is 12.3 Å². The molecule has 2 rings (SSSR count). The van der Waals surface area contributed by atoms with Crippen LogP contribution in [0.3, 0.4) is 0 Å². The van der Waals surface area contributed by atoms with Crippen LogP contribution >= 0.6 is 23.8 Å². The summed E-state index contributed by atoms with van der Waals surface area (Å²) in [6, 6.07) is 5.24. The lowest BCUT2D eigenvalue weighted by Crippen LogP contribution is -2.44. The lowest BCUT2D eigenvalue weighted by Gasteiger charge is -2.11. The Morgan fingerprint density at radius 2 is 2.11 bits per heavy atom. The molecule has 5 nitrogen and oxygen atoms in total. The number of rotatable bonds is 1. The minimum absolute atomic E-state index is 0.0444. The number of benzene rings is 1. The second kappa shape index (κ2) is 4.99. The van der Waals surface area contributed by atoms with Gasteiger partial charge in [0, 0.05) is 17.4 Å². The highest BCUT2D eigenvalue weighted by atomic mass is 35.5. The standard InChI is InChI=1S/C12H11ClN4OS/c1-7-8(13)3-2-4-9(7)16-5-6-17(12(15)19)10(14)11(16)18/h2-6,14H,1H3,(H2,15,19). The molecule has 0 spiro atoms. The summed E-state index contributed by atoms with van der Waals surface area (Å²) in [6.07, 6.45) is 2.99. The Balaban J connectivity index is 2.76. The first kappa shape index (κ1) is 13.5. The Bertz CT molecular complexity index is 778. The number of halogens is 1. The summed E-state index contributed by atoms with van der Waals surface area (Å²) in [5.41, 5.74) is 6.01. The molecule has 1 aromatic heterocycles. The van der Waals surface area contributed by atoms with Crippen molar-refractivity contribution in [2.45, 2.75) is 6.92 Å². The molecule has 98 valence electrons. The van der Waals surface area contributed by atoms with Crippen molar-refractivity contribution in [3.63, 3.8) is 0 Å². The highest BCUT2D eigenvalue weighted by Crippen LogP contribution is 2.20. The molecule has 0 amide bonds. The Labute approximate surface area is 119 Å². The SMILES string of the molecule is Cc1c(Cl)cccc1-n1ccn(C(N)=S)c(=N)c1=O. The molecule has 3 N–H and O–H groups in total. The van der Waals surface area contributed by atoms with Crippen molar-refractivity contribution >= 4 is 28.9 Å².